The Kier molecular flexibility index (Phi) is 8.79. The largest absolute Gasteiger partial charge is 0.468 e. The van der Waals surface area contributed by atoms with Crippen molar-refractivity contribution >= 4 is 28.0 Å². The van der Waals surface area contributed by atoms with E-state index in [2.05, 4.69) is 0 Å². The molecule has 1 fully saturated rings. The Hall–Kier alpha value is -2.97. The van der Waals surface area contributed by atoms with Gasteiger partial charge in [-0.25, -0.2) is 8.42 Å². The second-order valence-electron chi connectivity index (χ2n) is 7.98. The Labute approximate surface area is 195 Å². The standard InChI is InChI=1S/C25H30N2O5S/c1-32-25(29)20-26(19-22-9-5-4-6-10-22)24(28)16-13-21-11-14-23(15-12-21)33(30,31)27-17-7-2-3-8-18-27/h4-6,9-16H,2-3,7-8,17-20H2,1H3/b16-13+. The third-order valence-electron chi connectivity index (χ3n) is 5.58. The third-order valence-corrected chi connectivity index (χ3v) is 7.49. The number of hydrogen-bond donors (Lipinski definition) is 0. The molecule has 2 aromatic carbocycles. The SMILES string of the molecule is COC(=O)CN(Cc1ccccc1)C(=O)/C=C/c1ccc(S(=O)(=O)N2CCCCCC2)cc1. The van der Waals surface area contributed by atoms with E-state index in [0.717, 1.165) is 31.2 Å². The summed E-state index contributed by atoms with van der Waals surface area (Å²) in [5, 5.41) is 0. The number of methoxy groups -OCH3 is 1. The number of ether oxygens (including phenoxy) is 1. The van der Waals surface area contributed by atoms with Gasteiger partial charge in [-0.05, 0) is 42.2 Å². The third kappa shape index (κ3) is 7.00. The molecule has 0 atom stereocenters. The first-order valence-electron chi connectivity index (χ1n) is 11.1. The summed E-state index contributed by atoms with van der Waals surface area (Å²) in [5.41, 5.74) is 1.59. The highest BCUT2D eigenvalue weighted by Gasteiger charge is 2.24. The van der Waals surface area contributed by atoms with Crippen LogP contribution in [0.25, 0.3) is 6.08 Å². The molecule has 1 aliphatic rings. The van der Waals surface area contributed by atoms with Crippen LogP contribution in [0.2, 0.25) is 0 Å². The van der Waals surface area contributed by atoms with Gasteiger partial charge in [0.15, 0.2) is 0 Å². The van der Waals surface area contributed by atoms with Gasteiger partial charge in [-0.1, -0.05) is 55.3 Å². The van der Waals surface area contributed by atoms with E-state index >= 15 is 0 Å². The molecule has 0 aromatic heterocycles. The Morgan fingerprint density at radius 3 is 2.21 bits per heavy atom. The lowest BCUT2D eigenvalue weighted by molar-refractivity contribution is -0.145. The van der Waals surface area contributed by atoms with Crippen LogP contribution in [-0.2, 0) is 30.9 Å². The van der Waals surface area contributed by atoms with Gasteiger partial charge in [-0.3, -0.25) is 9.59 Å². The second kappa shape index (κ2) is 11.8. The van der Waals surface area contributed by atoms with Crippen LogP contribution in [0.3, 0.4) is 0 Å². The summed E-state index contributed by atoms with van der Waals surface area (Å²) in [6.45, 7) is 1.21. The Balaban J connectivity index is 1.70. The summed E-state index contributed by atoms with van der Waals surface area (Å²) < 4.78 is 32.1. The van der Waals surface area contributed by atoms with Crippen LogP contribution in [0.4, 0.5) is 0 Å². The van der Waals surface area contributed by atoms with E-state index < -0.39 is 16.0 Å². The smallest absolute Gasteiger partial charge is 0.325 e. The van der Waals surface area contributed by atoms with Gasteiger partial charge < -0.3 is 9.64 Å². The number of sulfonamides is 1. The zero-order valence-corrected chi connectivity index (χ0v) is 19.7. The van der Waals surface area contributed by atoms with Crippen molar-refractivity contribution in [2.45, 2.75) is 37.1 Å². The number of hydrogen-bond acceptors (Lipinski definition) is 5. The molecule has 0 aliphatic carbocycles. The number of amides is 1. The van der Waals surface area contributed by atoms with E-state index in [9.17, 15) is 18.0 Å². The highest BCUT2D eigenvalue weighted by molar-refractivity contribution is 7.89. The van der Waals surface area contributed by atoms with Crippen molar-refractivity contribution in [1.82, 2.24) is 9.21 Å². The van der Waals surface area contributed by atoms with Gasteiger partial charge in [0.05, 0.1) is 12.0 Å². The number of benzene rings is 2. The number of carbonyl (C=O) groups excluding carboxylic acids is 2. The zero-order chi connectivity index (χ0) is 23.7. The average molecular weight is 471 g/mol. The minimum absolute atomic E-state index is 0.165. The predicted octanol–water partition coefficient (Wildman–Crippen LogP) is 3.47. The van der Waals surface area contributed by atoms with E-state index in [4.69, 9.17) is 4.74 Å². The molecule has 8 heteroatoms. The first kappa shape index (κ1) is 24.7. The van der Waals surface area contributed by atoms with Crippen LogP contribution >= 0.6 is 0 Å². The number of rotatable bonds is 8. The molecule has 1 heterocycles. The fourth-order valence-electron chi connectivity index (χ4n) is 3.69. The molecule has 176 valence electrons. The number of carbonyl (C=O) groups is 2. The van der Waals surface area contributed by atoms with Crippen molar-refractivity contribution in [1.29, 1.82) is 0 Å². The van der Waals surface area contributed by atoms with Crippen LogP contribution in [-0.4, -0.2) is 56.2 Å². The maximum Gasteiger partial charge on any atom is 0.325 e. The molecular weight excluding hydrogens is 440 g/mol. The van der Waals surface area contributed by atoms with Crippen molar-refractivity contribution in [2.24, 2.45) is 0 Å². The highest BCUT2D eigenvalue weighted by atomic mass is 32.2. The van der Waals surface area contributed by atoms with Gasteiger partial charge in [0.2, 0.25) is 15.9 Å². The van der Waals surface area contributed by atoms with Crippen LogP contribution in [0.5, 0.6) is 0 Å². The lowest BCUT2D eigenvalue weighted by atomic mass is 10.2. The van der Waals surface area contributed by atoms with Crippen LogP contribution in [0, 0.1) is 0 Å². The van der Waals surface area contributed by atoms with Gasteiger partial charge >= 0.3 is 5.97 Å². The van der Waals surface area contributed by atoms with E-state index in [-0.39, 0.29) is 23.9 Å². The summed E-state index contributed by atoms with van der Waals surface area (Å²) in [4.78, 5) is 26.2. The summed E-state index contributed by atoms with van der Waals surface area (Å²) in [7, 11) is -2.23. The molecule has 0 radical (unpaired) electrons. The molecule has 33 heavy (non-hydrogen) atoms. The fraction of sp³-hybridized carbons (Fsp3) is 0.360. The van der Waals surface area contributed by atoms with Gasteiger partial charge in [0.25, 0.3) is 0 Å². The highest BCUT2D eigenvalue weighted by Crippen LogP contribution is 2.21. The fourth-order valence-corrected chi connectivity index (χ4v) is 5.21. The number of nitrogens with zero attached hydrogens (tertiary/aromatic N) is 2. The summed E-state index contributed by atoms with van der Waals surface area (Å²) in [6, 6.07) is 15.9. The lowest BCUT2D eigenvalue weighted by Crippen LogP contribution is -2.34. The van der Waals surface area contributed by atoms with Crippen molar-refractivity contribution < 1.29 is 22.7 Å². The van der Waals surface area contributed by atoms with Gasteiger partial charge in [-0.2, -0.15) is 4.31 Å². The Morgan fingerprint density at radius 2 is 1.61 bits per heavy atom. The molecule has 2 aromatic rings. The van der Waals surface area contributed by atoms with Crippen LogP contribution in [0.15, 0.2) is 65.6 Å². The van der Waals surface area contributed by atoms with E-state index in [1.54, 1.807) is 34.6 Å². The normalized spacial score (nSPS) is 15.2. The van der Waals surface area contributed by atoms with Crippen molar-refractivity contribution in [2.75, 3.05) is 26.7 Å². The van der Waals surface area contributed by atoms with Gasteiger partial charge in [-0.15, -0.1) is 0 Å². The average Bonchev–Trinajstić information content (AvgIpc) is 3.13. The van der Waals surface area contributed by atoms with Crippen LogP contribution in [0.1, 0.15) is 36.8 Å². The molecular formula is C25H30N2O5S. The molecule has 0 spiro atoms. The first-order chi connectivity index (χ1) is 15.9. The monoisotopic (exact) mass is 470 g/mol. The molecule has 1 saturated heterocycles. The van der Waals surface area contributed by atoms with Crippen LogP contribution < -0.4 is 0 Å². The molecule has 7 nitrogen and oxygen atoms in total. The summed E-state index contributed by atoms with van der Waals surface area (Å²) in [5.74, 6) is -0.846. The van der Waals surface area contributed by atoms with Crippen molar-refractivity contribution in [3.05, 3.63) is 71.8 Å². The lowest BCUT2D eigenvalue weighted by Gasteiger charge is -2.20. The maximum absolute atomic E-state index is 12.9. The Morgan fingerprint density at radius 1 is 0.970 bits per heavy atom. The molecule has 1 amide bonds. The minimum atomic E-state index is -3.52. The molecule has 0 unspecified atom stereocenters. The van der Waals surface area contributed by atoms with Crippen molar-refractivity contribution in [3.8, 4) is 0 Å². The minimum Gasteiger partial charge on any atom is -0.468 e. The molecule has 0 N–H and O–H groups in total. The van der Waals surface area contributed by atoms with Gasteiger partial charge in [0, 0.05) is 25.7 Å². The van der Waals surface area contributed by atoms with Gasteiger partial charge in [0.1, 0.15) is 6.54 Å². The summed E-state index contributed by atoms with van der Waals surface area (Å²) >= 11 is 0. The van der Waals surface area contributed by atoms with E-state index in [1.807, 2.05) is 30.3 Å². The Bertz CT molecular complexity index is 1060. The quantitative estimate of drug-likeness (QED) is 0.436. The second-order valence-corrected chi connectivity index (χ2v) is 9.91. The van der Waals surface area contributed by atoms with E-state index in [0.29, 0.717) is 18.7 Å². The van der Waals surface area contributed by atoms with E-state index in [1.165, 1.54) is 18.1 Å². The molecule has 0 bridgehead atoms. The molecule has 3 rings (SSSR count). The molecule has 1 aliphatic heterocycles. The molecule has 0 saturated carbocycles. The maximum atomic E-state index is 12.9. The zero-order valence-electron chi connectivity index (χ0n) is 18.9. The predicted molar refractivity (Wildman–Crippen MR) is 127 cm³/mol. The first-order valence-corrected chi connectivity index (χ1v) is 12.5. The number of esters is 1. The van der Waals surface area contributed by atoms with Crippen molar-refractivity contribution in [3.63, 3.8) is 0 Å². The topological polar surface area (TPSA) is 84.0 Å². The summed E-state index contributed by atoms with van der Waals surface area (Å²) in [6.07, 6.45) is 6.87.